The maximum atomic E-state index is 13.5. The first-order valence-electron chi connectivity index (χ1n) is 12.3. The smallest absolute Gasteiger partial charge is 0.282 e. The highest BCUT2D eigenvalue weighted by atomic mass is 79.9. The number of aromatic nitrogens is 3. The van der Waals surface area contributed by atoms with Crippen LogP contribution in [-0.2, 0) is 6.54 Å². The van der Waals surface area contributed by atoms with Gasteiger partial charge in [0.2, 0.25) is 0 Å². The van der Waals surface area contributed by atoms with Gasteiger partial charge in [-0.3, -0.25) is 4.79 Å². The second kappa shape index (κ2) is 9.86. The number of hydrogen-bond acceptors (Lipinski definition) is 3. The molecule has 0 amide bonds. The standard InChI is InChI=1S/C30H29BrN4O/c1-5-20(3)29-33-27-15-14-23(31)16-25(27)30(36)35(29)32-17-26-21(4)34(28-9-7-6-8-24(26)28)18-22-12-10-19(2)11-13-22/h6-17,20H,5,18H2,1-4H3/t20-/m0/s1. The minimum absolute atomic E-state index is 0.0897. The Hall–Kier alpha value is -3.51. The van der Waals surface area contributed by atoms with Crippen LogP contribution in [0, 0.1) is 13.8 Å². The zero-order chi connectivity index (χ0) is 25.4. The van der Waals surface area contributed by atoms with Crippen LogP contribution in [0.5, 0.6) is 0 Å². The number of nitrogens with zero attached hydrogens (tertiary/aromatic N) is 4. The fraction of sp³-hybridized carbons (Fsp3) is 0.233. The lowest BCUT2D eigenvalue weighted by molar-refractivity contribution is 0.613. The quantitative estimate of drug-likeness (QED) is 0.214. The molecule has 0 unspecified atom stereocenters. The fourth-order valence-electron chi connectivity index (χ4n) is 4.60. The highest BCUT2D eigenvalue weighted by Gasteiger charge is 2.17. The number of fused-ring (bicyclic) bond motifs is 2. The summed E-state index contributed by atoms with van der Waals surface area (Å²) in [6.45, 7) is 9.16. The lowest BCUT2D eigenvalue weighted by Gasteiger charge is -2.14. The Kier molecular flexibility index (Phi) is 6.63. The van der Waals surface area contributed by atoms with Gasteiger partial charge in [-0.1, -0.05) is 77.8 Å². The third kappa shape index (κ3) is 4.42. The summed E-state index contributed by atoms with van der Waals surface area (Å²) >= 11 is 3.48. The van der Waals surface area contributed by atoms with Crippen LogP contribution in [-0.4, -0.2) is 20.4 Å². The van der Waals surface area contributed by atoms with Crippen molar-refractivity contribution in [3.05, 3.63) is 110 Å². The van der Waals surface area contributed by atoms with Gasteiger partial charge in [0, 0.05) is 39.1 Å². The third-order valence-corrected chi connectivity index (χ3v) is 7.42. The van der Waals surface area contributed by atoms with Crippen molar-refractivity contribution in [2.24, 2.45) is 5.10 Å². The number of benzene rings is 3. The zero-order valence-corrected chi connectivity index (χ0v) is 22.6. The number of aryl methyl sites for hydroxylation is 1. The Bertz CT molecular complexity index is 1660. The fourth-order valence-corrected chi connectivity index (χ4v) is 4.96. The number of para-hydroxylation sites is 1. The van der Waals surface area contributed by atoms with Gasteiger partial charge in [-0.05, 0) is 50.1 Å². The summed E-state index contributed by atoms with van der Waals surface area (Å²) in [6.07, 6.45) is 2.68. The predicted octanol–water partition coefficient (Wildman–Crippen LogP) is 7.17. The molecule has 2 heterocycles. The third-order valence-electron chi connectivity index (χ3n) is 6.93. The Morgan fingerprint density at radius 2 is 1.78 bits per heavy atom. The van der Waals surface area contributed by atoms with Crippen molar-refractivity contribution in [3.8, 4) is 0 Å². The molecule has 6 heteroatoms. The molecule has 36 heavy (non-hydrogen) atoms. The second-order valence-electron chi connectivity index (χ2n) is 9.39. The Morgan fingerprint density at radius 1 is 1.03 bits per heavy atom. The zero-order valence-electron chi connectivity index (χ0n) is 21.0. The molecular weight excluding hydrogens is 512 g/mol. The van der Waals surface area contributed by atoms with Crippen LogP contribution in [0.25, 0.3) is 21.8 Å². The molecule has 0 saturated carbocycles. The van der Waals surface area contributed by atoms with Crippen LogP contribution in [0.2, 0.25) is 0 Å². The molecule has 0 aliphatic heterocycles. The van der Waals surface area contributed by atoms with Crippen molar-refractivity contribution in [1.29, 1.82) is 0 Å². The van der Waals surface area contributed by atoms with E-state index in [2.05, 4.69) is 90.7 Å². The Labute approximate surface area is 219 Å². The number of rotatable bonds is 6. The molecule has 182 valence electrons. The summed E-state index contributed by atoms with van der Waals surface area (Å²) < 4.78 is 4.64. The normalized spacial score (nSPS) is 12.7. The SMILES string of the molecule is CC[C@H](C)c1nc2ccc(Br)cc2c(=O)n1N=Cc1c(C)n(Cc2ccc(C)cc2)c2ccccc12. The average Bonchev–Trinajstić information content (AvgIpc) is 3.15. The molecular formula is C30H29BrN4O. The van der Waals surface area contributed by atoms with Crippen molar-refractivity contribution >= 4 is 44.0 Å². The van der Waals surface area contributed by atoms with Gasteiger partial charge in [0.05, 0.1) is 17.1 Å². The van der Waals surface area contributed by atoms with Crippen LogP contribution in [0.15, 0.2) is 81.1 Å². The van der Waals surface area contributed by atoms with E-state index in [0.29, 0.717) is 16.7 Å². The van der Waals surface area contributed by atoms with Gasteiger partial charge in [0.25, 0.3) is 5.56 Å². The van der Waals surface area contributed by atoms with Crippen LogP contribution in [0.4, 0.5) is 0 Å². The molecule has 0 radical (unpaired) electrons. The minimum Gasteiger partial charge on any atom is -0.340 e. The van der Waals surface area contributed by atoms with Gasteiger partial charge in [-0.25, -0.2) is 4.98 Å². The van der Waals surface area contributed by atoms with Crippen molar-refractivity contribution in [2.75, 3.05) is 0 Å². The maximum absolute atomic E-state index is 13.5. The van der Waals surface area contributed by atoms with Crippen LogP contribution in [0.3, 0.4) is 0 Å². The van der Waals surface area contributed by atoms with E-state index in [4.69, 9.17) is 10.1 Å². The van der Waals surface area contributed by atoms with Gasteiger partial charge in [0.15, 0.2) is 0 Å². The molecule has 0 aliphatic carbocycles. The van der Waals surface area contributed by atoms with Gasteiger partial charge in [-0.15, -0.1) is 0 Å². The van der Waals surface area contributed by atoms with E-state index in [1.807, 2.05) is 30.5 Å². The maximum Gasteiger partial charge on any atom is 0.282 e. The first-order chi connectivity index (χ1) is 17.4. The molecule has 0 bridgehead atoms. The second-order valence-corrected chi connectivity index (χ2v) is 10.3. The number of hydrogen-bond donors (Lipinski definition) is 0. The van der Waals surface area contributed by atoms with E-state index in [1.165, 1.54) is 15.8 Å². The highest BCUT2D eigenvalue weighted by molar-refractivity contribution is 9.10. The van der Waals surface area contributed by atoms with E-state index >= 15 is 0 Å². The minimum atomic E-state index is -0.158. The summed E-state index contributed by atoms with van der Waals surface area (Å²) in [7, 11) is 0. The first kappa shape index (κ1) is 24.2. The molecule has 0 N–H and O–H groups in total. The van der Waals surface area contributed by atoms with Gasteiger partial charge in [0.1, 0.15) is 5.82 Å². The molecule has 2 aromatic heterocycles. The van der Waals surface area contributed by atoms with Gasteiger partial charge < -0.3 is 4.57 Å². The highest BCUT2D eigenvalue weighted by Crippen LogP contribution is 2.26. The van der Waals surface area contributed by atoms with E-state index in [-0.39, 0.29) is 11.5 Å². The average molecular weight is 541 g/mol. The summed E-state index contributed by atoms with van der Waals surface area (Å²) in [4.78, 5) is 18.4. The van der Waals surface area contributed by atoms with E-state index in [1.54, 1.807) is 0 Å². The van der Waals surface area contributed by atoms with Crippen LogP contribution >= 0.6 is 15.9 Å². The summed E-state index contributed by atoms with van der Waals surface area (Å²) in [6, 6.07) is 22.6. The van der Waals surface area contributed by atoms with E-state index in [9.17, 15) is 4.79 Å². The molecule has 5 nitrogen and oxygen atoms in total. The monoisotopic (exact) mass is 540 g/mol. The van der Waals surface area contributed by atoms with E-state index in [0.717, 1.165) is 39.6 Å². The molecule has 3 aromatic carbocycles. The molecule has 0 aliphatic rings. The van der Waals surface area contributed by atoms with Gasteiger partial charge >= 0.3 is 0 Å². The summed E-state index contributed by atoms with van der Waals surface area (Å²) in [5.41, 5.74) is 6.28. The topological polar surface area (TPSA) is 52.2 Å². The van der Waals surface area contributed by atoms with Gasteiger partial charge in [-0.2, -0.15) is 9.78 Å². The molecule has 5 aromatic rings. The van der Waals surface area contributed by atoms with Crippen LogP contribution in [0.1, 0.15) is 54.4 Å². The molecule has 0 spiro atoms. The van der Waals surface area contributed by atoms with E-state index < -0.39 is 0 Å². The van der Waals surface area contributed by atoms with Crippen LogP contribution < -0.4 is 5.56 Å². The molecule has 0 saturated heterocycles. The van der Waals surface area contributed by atoms with Crippen molar-refractivity contribution in [2.45, 2.75) is 46.6 Å². The lowest BCUT2D eigenvalue weighted by Crippen LogP contribution is -2.23. The molecule has 5 rings (SSSR count). The first-order valence-corrected chi connectivity index (χ1v) is 13.1. The molecule has 1 atom stereocenters. The summed E-state index contributed by atoms with van der Waals surface area (Å²) in [5, 5.41) is 6.42. The lowest BCUT2D eigenvalue weighted by atomic mass is 10.1. The summed E-state index contributed by atoms with van der Waals surface area (Å²) in [5.74, 6) is 0.765. The largest absolute Gasteiger partial charge is 0.340 e. The van der Waals surface area contributed by atoms with Crippen molar-refractivity contribution in [1.82, 2.24) is 14.2 Å². The Morgan fingerprint density at radius 3 is 2.53 bits per heavy atom. The van der Waals surface area contributed by atoms with Crippen molar-refractivity contribution in [3.63, 3.8) is 0 Å². The molecule has 0 fully saturated rings. The number of halogens is 1. The van der Waals surface area contributed by atoms with Crippen molar-refractivity contribution < 1.29 is 0 Å². The predicted molar refractivity (Wildman–Crippen MR) is 152 cm³/mol. The Balaban J connectivity index is 1.66.